The number of phenolic OH excluding ortho intramolecular Hbond substituents is 1. The van der Waals surface area contributed by atoms with Crippen LogP contribution in [0, 0.1) is 17.6 Å². The van der Waals surface area contributed by atoms with Gasteiger partial charge in [0, 0.05) is 48.4 Å². The van der Waals surface area contributed by atoms with Crippen molar-refractivity contribution >= 4 is 27.5 Å². The summed E-state index contributed by atoms with van der Waals surface area (Å²) < 4.78 is 38.3. The molecule has 5 atom stereocenters. The second-order valence-corrected chi connectivity index (χ2v) is 13.7. The van der Waals surface area contributed by atoms with E-state index in [0.717, 1.165) is 57.7 Å². The summed E-state index contributed by atoms with van der Waals surface area (Å²) in [6.07, 6.45) is 11.0. The summed E-state index contributed by atoms with van der Waals surface area (Å²) in [6.45, 7) is 3.11. The number of nitrogens with zero attached hydrogens (tertiary/aromatic N) is 5. The first-order valence-electron chi connectivity index (χ1n) is 16.1. The molecule has 2 N–H and O–H groups in total. The fourth-order valence-corrected chi connectivity index (χ4v) is 9.30. The van der Waals surface area contributed by atoms with Gasteiger partial charge in [0.25, 0.3) is 0 Å². The maximum absolute atomic E-state index is 16.7. The summed E-state index contributed by atoms with van der Waals surface area (Å²) in [5.74, 6) is 0.0681. The van der Waals surface area contributed by atoms with Crippen LogP contribution < -0.4 is 15.0 Å². The van der Waals surface area contributed by atoms with Crippen LogP contribution >= 0.6 is 0 Å². The number of halogens is 2. The van der Waals surface area contributed by atoms with Crippen LogP contribution in [0.5, 0.6) is 11.8 Å². The quantitative estimate of drug-likeness (QED) is 0.309. The summed E-state index contributed by atoms with van der Waals surface area (Å²) in [5, 5.41) is 15.3. The molecule has 2 aromatic heterocycles. The Morgan fingerprint density at radius 2 is 1.91 bits per heavy atom. The molecule has 1 aliphatic carbocycles. The number of pyridine rings is 1. The third-order valence-electron chi connectivity index (χ3n) is 11.1. The van der Waals surface area contributed by atoms with Gasteiger partial charge in [-0.3, -0.25) is 9.88 Å². The lowest BCUT2D eigenvalue weighted by Gasteiger charge is -2.35. The molecule has 44 heavy (non-hydrogen) atoms. The zero-order chi connectivity index (χ0) is 29.6. The minimum absolute atomic E-state index is 0.0116. The number of fused-ring (bicyclic) bond motifs is 7. The molecule has 2 aromatic carbocycles. The molecule has 4 aromatic rings. The molecular weight excluding hydrogens is 562 g/mol. The third-order valence-corrected chi connectivity index (χ3v) is 11.1. The Morgan fingerprint density at radius 3 is 2.77 bits per heavy atom. The summed E-state index contributed by atoms with van der Waals surface area (Å²) in [5.41, 5.74) is 0.197. The van der Waals surface area contributed by atoms with E-state index >= 15 is 8.78 Å². The number of piperazine rings is 1. The van der Waals surface area contributed by atoms with Crippen LogP contribution in [0.25, 0.3) is 32.9 Å². The normalized spacial score (nSPS) is 29.5. The molecule has 3 unspecified atom stereocenters. The molecule has 0 radical (unpaired) electrons. The molecule has 10 heteroatoms. The van der Waals surface area contributed by atoms with Gasteiger partial charge in [0.05, 0.1) is 10.9 Å². The SMILES string of the molecule is Oc1cc(-c2ncc3c(N4CC5CCC(C4)N5)nc(OCC45CCCN4[C@H]4CCC[C@H]4C5)nc3c2F)c2c(F)cccc2c1. The van der Waals surface area contributed by atoms with Crippen molar-refractivity contribution < 1.29 is 18.6 Å². The van der Waals surface area contributed by atoms with Crippen LogP contribution in [0.15, 0.2) is 36.5 Å². The highest BCUT2D eigenvalue weighted by atomic mass is 19.1. The van der Waals surface area contributed by atoms with Gasteiger partial charge in [-0.1, -0.05) is 18.6 Å². The van der Waals surface area contributed by atoms with Gasteiger partial charge in [-0.25, -0.2) is 8.78 Å². The van der Waals surface area contributed by atoms with E-state index in [2.05, 4.69) is 25.1 Å². The molecule has 0 amide bonds. The van der Waals surface area contributed by atoms with Crippen molar-refractivity contribution in [3.63, 3.8) is 0 Å². The lowest BCUT2D eigenvalue weighted by molar-refractivity contribution is 0.0832. The van der Waals surface area contributed by atoms with E-state index < -0.39 is 11.6 Å². The van der Waals surface area contributed by atoms with Crippen molar-refractivity contribution in [3.8, 4) is 23.0 Å². The Bertz CT molecular complexity index is 1790. The maximum Gasteiger partial charge on any atom is 0.319 e. The Morgan fingerprint density at radius 1 is 1.05 bits per heavy atom. The number of ether oxygens (including phenoxy) is 1. The van der Waals surface area contributed by atoms with E-state index in [-0.39, 0.29) is 39.5 Å². The maximum atomic E-state index is 16.7. The smallest absolute Gasteiger partial charge is 0.319 e. The van der Waals surface area contributed by atoms with Crippen molar-refractivity contribution in [3.05, 3.63) is 48.2 Å². The highest BCUT2D eigenvalue weighted by Crippen LogP contribution is 2.51. The second kappa shape index (κ2) is 9.94. The van der Waals surface area contributed by atoms with E-state index in [0.29, 0.717) is 41.3 Å². The van der Waals surface area contributed by atoms with Crippen molar-refractivity contribution in [2.45, 2.75) is 75.0 Å². The number of aromatic hydroxyl groups is 1. The van der Waals surface area contributed by atoms with Crippen molar-refractivity contribution in [2.24, 2.45) is 5.92 Å². The summed E-state index contributed by atoms with van der Waals surface area (Å²) in [6, 6.07) is 8.93. The summed E-state index contributed by atoms with van der Waals surface area (Å²) in [7, 11) is 0. The molecule has 4 saturated heterocycles. The average Bonchev–Trinajstić information content (AvgIpc) is 3.77. The molecule has 5 aliphatic rings. The number of rotatable bonds is 5. The van der Waals surface area contributed by atoms with Gasteiger partial charge in [0.1, 0.15) is 35.2 Å². The van der Waals surface area contributed by atoms with Crippen LogP contribution in [-0.4, -0.2) is 74.9 Å². The minimum atomic E-state index is -0.680. The van der Waals surface area contributed by atoms with E-state index in [9.17, 15) is 5.11 Å². The molecule has 2 bridgehead atoms. The average molecular weight is 599 g/mol. The number of aromatic nitrogens is 3. The standard InChI is InChI=1S/C34H36F2N6O2/c35-26-6-1-4-19-12-23(43)13-24(28(19)26)30-29(36)31-25(15-37-30)32(41-16-21-8-9-22(17-41)38-21)40-33(39-31)44-18-34-10-3-11-42(34)27-7-2-5-20(27)14-34/h1,4,6,12-13,15,20-22,27,38,43H,2-3,5,7-11,14,16-18H2/t20-,21?,22?,27-,34?/m0/s1. The van der Waals surface area contributed by atoms with E-state index in [1.54, 1.807) is 18.3 Å². The first kappa shape index (κ1) is 26.7. The summed E-state index contributed by atoms with van der Waals surface area (Å²) in [4.78, 5) is 19.0. The predicted octanol–water partition coefficient (Wildman–Crippen LogP) is 5.56. The van der Waals surface area contributed by atoms with Gasteiger partial charge in [0.15, 0.2) is 5.82 Å². The molecule has 5 fully saturated rings. The minimum Gasteiger partial charge on any atom is -0.508 e. The Labute approximate surface area is 254 Å². The number of nitrogens with one attached hydrogen (secondary N) is 1. The first-order valence-corrected chi connectivity index (χ1v) is 16.1. The monoisotopic (exact) mass is 598 g/mol. The molecule has 4 aliphatic heterocycles. The highest BCUT2D eigenvalue weighted by Gasteiger charge is 2.55. The van der Waals surface area contributed by atoms with Crippen molar-refractivity contribution in [2.75, 3.05) is 31.1 Å². The zero-order valence-corrected chi connectivity index (χ0v) is 24.6. The fraction of sp³-hybridized carbons (Fsp3) is 0.500. The molecule has 8 nitrogen and oxygen atoms in total. The van der Waals surface area contributed by atoms with Crippen LogP contribution in [-0.2, 0) is 0 Å². The van der Waals surface area contributed by atoms with Gasteiger partial charge in [-0.2, -0.15) is 9.97 Å². The fourth-order valence-electron chi connectivity index (χ4n) is 9.30. The first-order chi connectivity index (χ1) is 21.5. The Balaban J connectivity index is 1.16. The third kappa shape index (κ3) is 4.10. The topological polar surface area (TPSA) is 86.6 Å². The number of phenols is 1. The van der Waals surface area contributed by atoms with E-state index in [4.69, 9.17) is 9.72 Å². The number of anilines is 1. The molecule has 9 rings (SSSR count). The van der Waals surface area contributed by atoms with Crippen LogP contribution in [0.2, 0.25) is 0 Å². The molecular formula is C34H36F2N6O2. The summed E-state index contributed by atoms with van der Waals surface area (Å²) >= 11 is 0. The van der Waals surface area contributed by atoms with Crippen LogP contribution in [0.3, 0.4) is 0 Å². The van der Waals surface area contributed by atoms with E-state index in [1.807, 2.05) is 0 Å². The van der Waals surface area contributed by atoms with Gasteiger partial charge < -0.3 is 20.1 Å². The van der Waals surface area contributed by atoms with Crippen LogP contribution in [0.1, 0.15) is 51.4 Å². The molecule has 1 saturated carbocycles. The van der Waals surface area contributed by atoms with Gasteiger partial charge in [0.2, 0.25) is 0 Å². The Hall–Kier alpha value is -3.63. The zero-order valence-electron chi connectivity index (χ0n) is 24.6. The highest BCUT2D eigenvalue weighted by molar-refractivity contribution is 6.00. The van der Waals surface area contributed by atoms with Crippen LogP contribution in [0.4, 0.5) is 14.6 Å². The number of hydrogen-bond donors (Lipinski definition) is 2. The largest absolute Gasteiger partial charge is 0.508 e. The predicted molar refractivity (Wildman–Crippen MR) is 164 cm³/mol. The lowest BCUT2D eigenvalue weighted by atomic mass is 9.90. The molecule has 6 heterocycles. The van der Waals surface area contributed by atoms with Gasteiger partial charge in [-0.15, -0.1) is 0 Å². The van der Waals surface area contributed by atoms with Gasteiger partial charge in [-0.05, 0) is 81.0 Å². The molecule has 0 spiro atoms. The lowest BCUT2D eigenvalue weighted by Crippen LogP contribution is -2.51. The van der Waals surface area contributed by atoms with E-state index in [1.165, 1.54) is 37.5 Å². The number of benzene rings is 2. The second-order valence-electron chi connectivity index (χ2n) is 13.7. The van der Waals surface area contributed by atoms with Crippen molar-refractivity contribution in [1.82, 2.24) is 25.2 Å². The van der Waals surface area contributed by atoms with Crippen molar-refractivity contribution in [1.29, 1.82) is 0 Å². The van der Waals surface area contributed by atoms with Gasteiger partial charge >= 0.3 is 6.01 Å². The molecule has 228 valence electrons. The number of hydrogen-bond acceptors (Lipinski definition) is 8. The Kier molecular flexibility index (Phi) is 6.04.